The Morgan fingerprint density at radius 1 is 0.848 bits per heavy atom. The van der Waals surface area contributed by atoms with E-state index in [0.717, 1.165) is 52.4 Å². The summed E-state index contributed by atoms with van der Waals surface area (Å²) in [4.78, 5) is 30.4. The number of carbonyl (C=O) groups is 2. The van der Waals surface area contributed by atoms with Crippen LogP contribution in [0, 0.1) is 13.8 Å². The minimum absolute atomic E-state index is 0.0561. The van der Waals surface area contributed by atoms with Crippen molar-refractivity contribution in [2.45, 2.75) is 69.5 Å². The summed E-state index contributed by atoms with van der Waals surface area (Å²) < 4.78 is 30.5. The van der Waals surface area contributed by atoms with E-state index >= 15 is 0 Å². The summed E-state index contributed by atoms with van der Waals surface area (Å²) in [5.41, 5.74) is 3.86. The van der Waals surface area contributed by atoms with Crippen LogP contribution in [-0.4, -0.2) is 43.8 Å². The molecule has 1 aliphatic rings. The second-order valence-electron chi connectivity index (χ2n) is 12.0. The maximum atomic E-state index is 14.7. The molecule has 2 amide bonds. The van der Waals surface area contributed by atoms with Gasteiger partial charge in [-0.15, -0.1) is 0 Å². The van der Waals surface area contributed by atoms with Crippen LogP contribution in [0.1, 0.15) is 47.9 Å². The highest BCUT2D eigenvalue weighted by Crippen LogP contribution is 2.29. The zero-order chi connectivity index (χ0) is 32.7. The quantitative estimate of drug-likeness (QED) is 0.173. The molecule has 9 heteroatoms. The van der Waals surface area contributed by atoms with Crippen LogP contribution >= 0.6 is 15.9 Å². The Morgan fingerprint density at radius 3 is 2.11 bits per heavy atom. The lowest BCUT2D eigenvalue weighted by molar-refractivity contribution is -0.140. The minimum Gasteiger partial charge on any atom is -0.352 e. The van der Waals surface area contributed by atoms with Crippen molar-refractivity contribution >= 4 is 43.5 Å². The fourth-order valence-corrected chi connectivity index (χ4v) is 7.79. The van der Waals surface area contributed by atoms with Crippen molar-refractivity contribution in [3.8, 4) is 0 Å². The van der Waals surface area contributed by atoms with Gasteiger partial charge in [-0.05, 0) is 73.7 Å². The number of hydrogen-bond donors (Lipinski definition) is 1. The number of rotatable bonds is 12. The molecule has 0 unspecified atom stereocenters. The highest BCUT2D eigenvalue weighted by atomic mass is 79.9. The average molecular weight is 703 g/mol. The number of hydrogen-bond acceptors (Lipinski definition) is 4. The van der Waals surface area contributed by atoms with Crippen molar-refractivity contribution in [1.82, 2.24) is 10.2 Å². The zero-order valence-corrected chi connectivity index (χ0v) is 28.6. The Labute approximate surface area is 280 Å². The van der Waals surface area contributed by atoms with E-state index in [4.69, 9.17) is 0 Å². The van der Waals surface area contributed by atoms with Gasteiger partial charge in [0, 0.05) is 23.5 Å². The molecule has 1 saturated carbocycles. The lowest BCUT2D eigenvalue weighted by atomic mass is 10.0. The number of nitrogens with one attached hydrogen (secondary N) is 1. The van der Waals surface area contributed by atoms with Gasteiger partial charge in [0.05, 0.1) is 10.6 Å². The third-order valence-corrected chi connectivity index (χ3v) is 10.8. The van der Waals surface area contributed by atoms with Gasteiger partial charge < -0.3 is 10.2 Å². The van der Waals surface area contributed by atoms with Gasteiger partial charge in [0.2, 0.25) is 11.8 Å². The molecule has 0 spiro atoms. The molecule has 7 nitrogen and oxygen atoms in total. The van der Waals surface area contributed by atoms with Gasteiger partial charge in [-0.2, -0.15) is 0 Å². The average Bonchev–Trinajstić information content (AvgIpc) is 3.56. The summed E-state index contributed by atoms with van der Waals surface area (Å²) in [6.45, 7) is 3.44. The number of sulfonamides is 1. The SMILES string of the molecule is Cc1ccc(N(CC(=O)N(Cc2ccc(Br)cc2)[C@H](Cc2ccccc2)C(=O)NC2CCCC2)S(=O)(=O)c2ccccc2)c(C)c1. The standard InChI is InChI=1S/C37H40BrN3O4S/c1-27-17-22-34(28(2)23-27)41(46(44,45)33-15-7-4-8-16-33)26-36(42)40(25-30-18-20-31(38)21-19-30)35(24-29-11-5-3-6-12-29)37(43)39-32-13-9-10-14-32/h3-8,11-12,15-23,32,35H,9-10,13-14,24-26H2,1-2H3,(H,39,43)/t35-/m1/s1. The van der Waals surface area contributed by atoms with Crippen molar-refractivity contribution in [1.29, 1.82) is 0 Å². The van der Waals surface area contributed by atoms with E-state index in [0.29, 0.717) is 5.69 Å². The first-order chi connectivity index (χ1) is 22.1. The van der Waals surface area contributed by atoms with Crippen LogP contribution in [0.5, 0.6) is 0 Å². The topological polar surface area (TPSA) is 86.8 Å². The second kappa shape index (κ2) is 15.1. The summed E-state index contributed by atoms with van der Waals surface area (Å²) in [6.07, 6.45) is 4.20. The summed E-state index contributed by atoms with van der Waals surface area (Å²) in [5.74, 6) is -0.699. The third kappa shape index (κ3) is 8.25. The summed E-state index contributed by atoms with van der Waals surface area (Å²) in [5, 5.41) is 3.21. The van der Waals surface area contributed by atoms with Crippen LogP contribution in [0.25, 0.3) is 0 Å². The van der Waals surface area contributed by atoms with E-state index in [1.807, 2.05) is 80.6 Å². The van der Waals surface area contributed by atoms with E-state index in [2.05, 4.69) is 21.2 Å². The zero-order valence-electron chi connectivity index (χ0n) is 26.2. The molecule has 0 heterocycles. The van der Waals surface area contributed by atoms with Gasteiger partial charge in [-0.1, -0.05) is 107 Å². The molecule has 240 valence electrons. The van der Waals surface area contributed by atoms with Crippen molar-refractivity contribution in [2.75, 3.05) is 10.8 Å². The summed E-state index contributed by atoms with van der Waals surface area (Å²) >= 11 is 3.48. The predicted molar refractivity (Wildman–Crippen MR) is 186 cm³/mol. The highest BCUT2D eigenvalue weighted by molar-refractivity contribution is 9.10. The Hall–Kier alpha value is -3.95. The van der Waals surface area contributed by atoms with E-state index < -0.39 is 28.5 Å². The largest absolute Gasteiger partial charge is 0.352 e. The predicted octanol–water partition coefficient (Wildman–Crippen LogP) is 6.96. The lowest BCUT2D eigenvalue weighted by Gasteiger charge is -2.34. The minimum atomic E-state index is -4.14. The number of amides is 2. The maximum absolute atomic E-state index is 14.7. The fourth-order valence-electron chi connectivity index (χ4n) is 6.03. The van der Waals surface area contributed by atoms with E-state index in [-0.39, 0.29) is 29.8 Å². The lowest BCUT2D eigenvalue weighted by Crippen LogP contribution is -2.54. The normalized spacial score (nSPS) is 14.1. The van der Waals surface area contributed by atoms with Gasteiger partial charge in [-0.3, -0.25) is 13.9 Å². The summed E-state index contributed by atoms with van der Waals surface area (Å²) in [6, 6.07) is 30.0. The van der Waals surface area contributed by atoms with E-state index in [9.17, 15) is 18.0 Å². The number of carbonyl (C=O) groups excluding carboxylic acids is 2. The van der Waals surface area contributed by atoms with Crippen molar-refractivity contribution in [3.63, 3.8) is 0 Å². The smallest absolute Gasteiger partial charge is 0.264 e. The molecular weight excluding hydrogens is 662 g/mol. The molecule has 0 radical (unpaired) electrons. The molecule has 4 aromatic rings. The van der Waals surface area contributed by atoms with Crippen LogP contribution in [0.3, 0.4) is 0 Å². The fraction of sp³-hybridized carbons (Fsp3) is 0.297. The van der Waals surface area contributed by atoms with Crippen LogP contribution in [0.2, 0.25) is 0 Å². The maximum Gasteiger partial charge on any atom is 0.264 e. The van der Waals surface area contributed by atoms with Crippen LogP contribution < -0.4 is 9.62 Å². The van der Waals surface area contributed by atoms with Gasteiger partial charge in [0.25, 0.3) is 10.0 Å². The molecule has 4 aromatic carbocycles. The van der Waals surface area contributed by atoms with E-state index in [1.54, 1.807) is 29.2 Å². The number of halogens is 1. The first kappa shape index (κ1) is 33.4. The van der Waals surface area contributed by atoms with Crippen molar-refractivity contribution in [3.05, 3.63) is 130 Å². The molecule has 46 heavy (non-hydrogen) atoms. The monoisotopic (exact) mass is 701 g/mol. The summed E-state index contributed by atoms with van der Waals surface area (Å²) in [7, 11) is -4.14. The molecule has 1 atom stereocenters. The highest BCUT2D eigenvalue weighted by Gasteiger charge is 2.36. The Balaban J connectivity index is 1.57. The number of nitrogens with zero attached hydrogens (tertiary/aromatic N) is 2. The molecule has 1 aliphatic carbocycles. The first-order valence-electron chi connectivity index (χ1n) is 15.6. The number of benzene rings is 4. The third-order valence-electron chi connectivity index (χ3n) is 8.47. The molecule has 1 N–H and O–H groups in total. The molecule has 0 bridgehead atoms. The number of aryl methyl sites for hydroxylation is 2. The second-order valence-corrected chi connectivity index (χ2v) is 14.7. The van der Waals surface area contributed by atoms with Crippen molar-refractivity contribution in [2.24, 2.45) is 0 Å². The Bertz CT molecular complexity index is 1740. The molecule has 0 saturated heterocycles. The van der Waals surface area contributed by atoms with Crippen LogP contribution in [0.4, 0.5) is 5.69 Å². The molecule has 1 fully saturated rings. The van der Waals surface area contributed by atoms with Gasteiger partial charge in [0.15, 0.2) is 0 Å². The van der Waals surface area contributed by atoms with Crippen molar-refractivity contribution < 1.29 is 18.0 Å². The number of anilines is 1. The van der Waals surface area contributed by atoms with E-state index in [1.165, 1.54) is 16.4 Å². The molecule has 0 aromatic heterocycles. The molecular formula is C37H40BrN3O4S. The van der Waals surface area contributed by atoms with Gasteiger partial charge >= 0.3 is 0 Å². The van der Waals surface area contributed by atoms with Crippen LogP contribution in [0.15, 0.2) is 112 Å². The molecule has 0 aliphatic heterocycles. The Kier molecular flexibility index (Phi) is 11.0. The Morgan fingerprint density at radius 2 is 1.48 bits per heavy atom. The van der Waals surface area contributed by atoms with Gasteiger partial charge in [-0.25, -0.2) is 8.42 Å². The molecule has 5 rings (SSSR count). The van der Waals surface area contributed by atoms with Gasteiger partial charge in [0.1, 0.15) is 12.6 Å². The van der Waals surface area contributed by atoms with Crippen LogP contribution in [-0.2, 0) is 32.6 Å². The first-order valence-corrected chi connectivity index (χ1v) is 17.9.